The zero-order valence-corrected chi connectivity index (χ0v) is 18.3. The van der Waals surface area contributed by atoms with Crippen LogP contribution in [0.15, 0.2) is 36.7 Å². The van der Waals surface area contributed by atoms with Crippen LogP contribution in [0.25, 0.3) is 11.5 Å². The fourth-order valence-electron chi connectivity index (χ4n) is 3.86. The molecule has 1 aromatic carbocycles. The fourth-order valence-corrected chi connectivity index (χ4v) is 4.13. The number of nitrogens with zero attached hydrogens (tertiary/aromatic N) is 5. The van der Waals surface area contributed by atoms with Crippen molar-refractivity contribution in [1.29, 1.82) is 0 Å². The average molecular weight is 440 g/mol. The van der Waals surface area contributed by atoms with Gasteiger partial charge in [0.25, 0.3) is 5.91 Å². The van der Waals surface area contributed by atoms with Gasteiger partial charge in [-0.15, -0.1) is 10.2 Å². The van der Waals surface area contributed by atoms with Crippen LogP contribution in [0, 0.1) is 6.92 Å². The largest absolute Gasteiger partial charge is 0.760 e. The Labute approximate surface area is 182 Å². The SMILES string of the molecule is Cc1ccc2c(c1CCNS(=O)[O-])CN(c1cccc(-c3nncn3C(C)C)n1)C2=O. The Hall–Kier alpha value is -2.95. The number of amides is 1. The van der Waals surface area contributed by atoms with Gasteiger partial charge in [0.15, 0.2) is 5.82 Å². The highest BCUT2D eigenvalue weighted by Gasteiger charge is 2.32. The standard InChI is InChI=1S/C21H24N6O3S/c1-13(2)27-12-22-25-20(27)18-5-4-6-19(24-18)26-11-17-15(9-10-23-31(29)30)14(3)7-8-16(17)21(26)28/h4-8,12-13,23H,9-11H2,1-3H3,(H,29,30)/p-1. The first-order valence-corrected chi connectivity index (χ1v) is 11.1. The van der Waals surface area contributed by atoms with E-state index in [1.807, 2.05) is 49.6 Å². The number of anilines is 1. The van der Waals surface area contributed by atoms with E-state index < -0.39 is 11.3 Å². The summed E-state index contributed by atoms with van der Waals surface area (Å²) in [7, 11) is 0. The maximum atomic E-state index is 13.2. The van der Waals surface area contributed by atoms with Gasteiger partial charge < -0.3 is 9.12 Å². The van der Waals surface area contributed by atoms with Crippen LogP contribution >= 0.6 is 0 Å². The first-order valence-electron chi connectivity index (χ1n) is 9.99. The summed E-state index contributed by atoms with van der Waals surface area (Å²) < 4.78 is 25.9. The summed E-state index contributed by atoms with van der Waals surface area (Å²) in [4.78, 5) is 19.5. The van der Waals surface area contributed by atoms with Gasteiger partial charge in [0.2, 0.25) is 0 Å². The molecule has 1 N–H and O–H groups in total. The van der Waals surface area contributed by atoms with Crippen molar-refractivity contribution >= 4 is 23.0 Å². The predicted octanol–water partition coefficient (Wildman–Crippen LogP) is 2.32. The molecule has 1 unspecified atom stereocenters. The van der Waals surface area contributed by atoms with Crippen molar-refractivity contribution in [3.05, 3.63) is 58.9 Å². The number of carbonyl (C=O) groups is 1. The third-order valence-corrected chi connectivity index (χ3v) is 5.86. The Kier molecular flexibility index (Phi) is 5.94. The molecule has 162 valence electrons. The number of benzene rings is 1. The lowest BCUT2D eigenvalue weighted by molar-refractivity contribution is 0.0996. The van der Waals surface area contributed by atoms with Crippen LogP contribution in [-0.4, -0.2) is 41.0 Å². The van der Waals surface area contributed by atoms with Crippen LogP contribution in [0.5, 0.6) is 0 Å². The van der Waals surface area contributed by atoms with Gasteiger partial charge in [-0.2, -0.15) is 0 Å². The fraction of sp³-hybridized carbons (Fsp3) is 0.333. The first kappa shape index (κ1) is 21.3. The number of hydrogen-bond donors (Lipinski definition) is 1. The molecule has 10 heteroatoms. The molecule has 9 nitrogen and oxygen atoms in total. The minimum absolute atomic E-state index is 0.119. The highest BCUT2D eigenvalue weighted by molar-refractivity contribution is 7.77. The van der Waals surface area contributed by atoms with Gasteiger partial charge in [-0.05, 0) is 62.1 Å². The van der Waals surface area contributed by atoms with Gasteiger partial charge in [0, 0.05) is 29.4 Å². The molecule has 0 radical (unpaired) electrons. The second-order valence-corrected chi connectivity index (χ2v) is 8.45. The zero-order valence-electron chi connectivity index (χ0n) is 17.5. The van der Waals surface area contributed by atoms with Crippen LogP contribution in [0.3, 0.4) is 0 Å². The molecule has 3 heterocycles. The lowest BCUT2D eigenvalue weighted by Crippen LogP contribution is -2.24. The molecule has 0 fully saturated rings. The maximum Gasteiger partial charge on any atom is 0.260 e. The van der Waals surface area contributed by atoms with Crippen molar-refractivity contribution in [2.45, 2.75) is 39.8 Å². The highest BCUT2D eigenvalue weighted by Crippen LogP contribution is 2.32. The second-order valence-electron chi connectivity index (χ2n) is 7.69. The Morgan fingerprint density at radius 1 is 1.26 bits per heavy atom. The van der Waals surface area contributed by atoms with Crippen LogP contribution in [0.1, 0.15) is 46.9 Å². The summed E-state index contributed by atoms with van der Waals surface area (Å²) in [6.45, 7) is 6.71. The molecule has 0 aliphatic carbocycles. The number of aryl methyl sites for hydroxylation is 1. The van der Waals surface area contributed by atoms with Crippen molar-refractivity contribution in [1.82, 2.24) is 24.5 Å². The lowest BCUT2D eigenvalue weighted by atomic mass is 9.96. The first-order chi connectivity index (χ1) is 14.9. The van der Waals surface area contributed by atoms with Crippen molar-refractivity contribution in [3.63, 3.8) is 0 Å². The van der Waals surface area contributed by atoms with Gasteiger partial charge in [0.1, 0.15) is 17.8 Å². The van der Waals surface area contributed by atoms with E-state index in [0.717, 1.165) is 16.7 Å². The van der Waals surface area contributed by atoms with E-state index in [2.05, 4.69) is 14.9 Å². The molecule has 31 heavy (non-hydrogen) atoms. The summed E-state index contributed by atoms with van der Waals surface area (Å²) in [6, 6.07) is 9.42. The third kappa shape index (κ3) is 4.14. The molecular formula is C21H23N6O3S-. The van der Waals surface area contributed by atoms with Gasteiger partial charge in [0.05, 0.1) is 6.54 Å². The lowest BCUT2D eigenvalue weighted by Gasteiger charge is -2.16. The van der Waals surface area contributed by atoms with E-state index >= 15 is 0 Å². The second kappa shape index (κ2) is 8.66. The molecule has 4 rings (SSSR count). The van der Waals surface area contributed by atoms with E-state index in [9.17, 15) is 13.6 Å². The smallest absolute Gasteiger partial charge is 0.260 e. The van der Waals surface area contributed by atoms with Gasteiger partial charge >= 0.3 is 0 Å². The van der Waals surface area contributed by atoms with Crippen LogP contribution in [-0.2, 0) is 24.2 Å². The van der Waals surface area contributed by atoms with Crippen molar-refractivity contribution in [2.24, 2.45) is 0 Å². The molecule has 1 aliphatic heterocycles. The molecule has 1 amide bonds. The van der Waals surface area contributed by atoms with Crippen molar-refractivity contribution < 1.29 is 13.6 Å². The molecule has 3 aromatic rings. The molecule has 0 saturated carbocycles. The van der Waals surface area contributed by atoms with Gasteiger partial charge in [-0.1, -0.05) is 12.1 Å². The zero-order chi connectivity index (χ0) is 22.1. The van der Waals surface area contributed by atoms with E-state index in [0.29, 0.717) is 35.9 Å². The van der Waals surface area contributed by atoms with Crippen LogP contribution in [0.4, 0.5) is 5.82 Å². The number of carbonyl (C=O) groups excluding carboxylic acids is 1. The molecule has 2 aromatic heterocycles. The summed E-state index contributed by atoms with van der Waals surface area (Å²) in [5.41, 5.74) is 4.20. The molecule has 0 saturated heterocycles. The summed E-state index contributed by atoms with van der Waals surface area (Å²) in [5, 5.41) is 8.20. The molecule has 0 bridgehead atoms. The number of aromatic nitrogens is 4. The number of rotatable bonds is 7. The Morgan fingerprint density at radius 3 is 2.81 bits per heavy atom. The predicted molar refractivity (Wildman–Crippen MR) is 116 cm³/mol. The summed E-state index contributed by atoms with van der Waals surface area (Å²) in [6.07, 6.45) is 2.18. The number of pyridine rings is 1. The Bertz CT molecular complexity index is 1160. The minimum atomic E-state index is -2.31. The van der Waals surface area contributed by atoms with Crippen LogP contribution in [0.2, 0.25) is 0 Å². The number of hydrogen-bond acceptors (Lipinski definition) is 6. The third-order valence-electron chi connectivity index (χ3n) is 5.42. The maximum absolute atomic E-state index is 13.2. The normalized spacial score (nSPS) is 14.4. The average Bonchev–Trinajstić information content (AvgIpc) is 3.35. The quantitative estimate of drug-likeness (QED) is 0.565. The monoisotopic (exact) mass is 439 g/mol. The Morgan fingerprint density at radius 2 is 2.06 bits per heavy atom. The van der Waals surface area contributed by atoms with E-state index in [1.165, 1.54) is 0 Å². The van der Waals surface area contributed by atoms with Crippen LogP contribution < -0.4 is 9.62 Å². The van der Waals surface area contributed by atoms with E-state index in [1.54, 1.807) is 17.3 Å². The molecule has 1 atom stereocenters. The molecule has 1 aliphatic rings. The molecule has 0 spiro atoms. The number of nitrogens with one attached hydrogen (secondary N) is 1. The summed E-state index contributed by atoms with van der Waals surface area (Å²) in [5.74, 6) is 1.07. The van der Waals surface area contributed by atoms with E-state index in [4.69, 9.17) is 4.98 Å². The van der Waals surface area contributed by atoms with Gasteiger partial charge in [-0.25, -0.2) is 9.71 Å². The number of fused-ring (bicyclic) bond motifs is 1. The van der Waals surface area contributed by atoms with E-state index in [-0.39, 0.29) is 18.5 Å². The molecular weight excluding hydrogens is 416 g/mol. The summed E-state index contributed by atoms with van der Waals surface area (Å²) >= 11 is -2.31. The Balaban J connectivity index is 1.65. The highest BCUT2D eigenvalue weighted by atomic mass is 32.2. The van der Waals surface area contributed by atoms with Crippen molar-refractivity contribution in [2.75, 3.05) is 11.4 Å². The topological polar surface area (TPSA) is 116 Å². The van der Waals surface area contributed by atoms with Gasteiger partial charge in [-0.3, -0.25) is 13.9 Å². The van der Waals surface area contributed by atoms with Crippen molar-refractivity contribution in [3.8, 4) is 11.5 Å². The minimum Gasteiger partial charge on any atom is -0.760 e.